The lowest BCUT2D eigenvalue weighted by Crippen LogP contribution is -2.41. The second kappa shape index (κ2) is 6.00. The van der Waals surface area contributed by atoms with Crippen molar-refractivity contribution in [1.29, 1.82) is 0 Å². The Morgan fingerprint density at radius 1 is 1.35 bits per heavy atom. The average molecular weight is 236 g/mol. The minimum Gasteiger partial charge on any atom is -0.480 e. The third-order valence-corrected chi connectivity index (χ3v) is 2.44. The van der Waals surface area contributed by atoms with Crippen molar-refractivity contribution in [1.82, 2.24) is 4.90 Å². The lowest BCUT2D eigenvalue weighted by molar-refractivity contribution is -0.144. The van der Waals surface area contributed by atoms with Gasteiger partial charge in [-0.25, -0.2) is 0 Å². The minimum absolute atomic E-state index is 0.324. The van der Waals surface area contributed by atoms with E-state index in [1.54, 1.807) is 31.2 Å². The first-order valence-electron chi connectivity index (χ1n) is 5.37. The van der Waals surface area contributed by atoms with Crippen molar-refractivity contribution >= 4 is 11.9 Å². The van der Waals surface area contributed by atoms with Crippen LogP contribution in [0.4, 0.5) is 0 Å². The molecule has 1 atom stereocenters. The number of hydrogen-bond donors (Lipinski definition) is 2. The van der Waals surface area contributed by atoms with E-state index in [-0.39, 0.29) is 12.5 Å². The molecule has 17 heavy (non-hydrogen) atoms. The van der Waals surface area contributed by atoms with Crippen molar-refractivity contribution in [3.8, 4) is 0 Å². The van der Waals surface area contributed by atoms with E-state index in [0.717, 1.165) is 0 Å². The second-order valence-corrected chi connectivity index (χ2v) is 3.63. The summed E-state index contributed by atoms with van der Waals surface area (Å²) in [7, 11) is 0. The standard InChI is InChI=1S/C12H16N2O3/c1-2-14(8-10(15)16)12(17)11(13)9-6-4-3-5-7-9/h3-7,11H,2,8,13H2,1H3,(H,15,16)/t11-/m1/s1. The molecular weight excluding hydrogens is 220 g/mol. The topological polar surface area (TPSA) is 83.6 Å². The molecule has 0 heterocycles. The highest BCUT2D eigenvalue weighted by atomic mass is 16.4. The Labute approximate surface area is 99.8 Å². The van der Waals surface area contributed by atoms with Crippen LogP contribution >= 0.6 is 0 Å². The number of carbonyl (C=O) groups is 2. The van der Waals surface area contributed by atoms with Crippen LogP contribution in [0.1, 0.15) is 18.5 Å². The van der Waals surface area contributed by atoms with E-state index in [1.165, 1.54) is 4.90 Å². The molecule has 0 unspecified atom stereocenters. The first kappa shape index (κ1) is 13.2. The molecule has 5 heteroatoms. The molecule has 0 saturated heterocycles. The van der Waals surface area contributed by atoms with Crippen molar-refractivity contribution in [2.45, 2.75) is 13.0 Å². The van der Waals surface area contributed by atoms with Gasteiger partial charge in [-0.15, -0.1) is 0 Å². The Bertz CT molecular complexity index is 392. The van der Waals surface area contributed by atoms with Gasteiger partial charge in [0.15, 0.2) is 0 Å². The normalized spacial score (nSPS) is 11.9. The Morgan fingerprint density at radius 3 is 2.41 bits per heavy atom. The maximum atomic E-state index is 11.9. The monoisotopic (exact) mass is 236 g/mol. The van der Waals surface area contributed by atoms with Crippen molar-refractivity contribution < 1.29 is 14.7 Å². The largest absolute Gasteiger partial charge is 0.480 e. The van der Waals surface area contributed by atoms with Gasteiger partial charge in [-0.05, 0) is 12.5 Å². The quantitative estimate of drug-likeness (QED) is 0.785. The van der Waals surface area contributed by atoms with E-state index in [1.807, 2.05) is 6.07 Å². The predicted molar refractivity (Wildman–Crippen MR) is 63.3 cm³/mol. The summed E-state index contributed by atoms with van der Waals surface area (Å²) in [6.07, 6.45) is 0. The molecular formula is C12H16N2O3. The van der Waals surface area contributed by atoms with Crippen molar-refractivity contribution in [3.63, 3.8) is 0 Å². The molecule has 0 fully saturated rings. The second-order valence-electron chi connectivity index (χ2n) is 3.63. The van der Waals surface area contributed by atoms with Gasteiger partial charge in [0, 0.05) is 6.54 Å². The highest BCUT2D eigenvalue weighted by Crippen LogP contribution is 2.12. The molecule has 0 aliphatic carbocycles. The Balaban J connectivity index is 2.77. The molecule has 5 nitrogen and oxygen atoms in total. The molecule has 0 spiro atoms. The van der Waals surface area contributed by atoms with Crippen LogP contribution in [0.3, 0.4) is 0 Å². The van der Waals surface area contributed by atoms with E-state index in [9.17, 15) is 9.59 Å². The number of nitrogens with two attached hydrogens (primary N) is 1. The van der Waals surface area contributed by atoms with Gasteiger partial charge in [0.05, 0.1) is 0 Å². The van der Waals surface area contributed by atoms with E-state index in [2.05, 4.69) is 0 Å². The molecule has 0 aromatic heterocycles. The van der Waals surface area contributed by atoms with Gasteiger partial charge in [0.1, 0.15) is 12.6 Å². The van der Waals surface area contributed by atoms with E-state index < -0.39 is 12.0 Å². The summed E-state index contributed by atoms with van der Waals surface area (Å²) in [5, 5.41) is 8.68. The van der Waals surface area contributed by atoms with Crippen LogP contribution in [-0.2, 0) is 9.59 Å². The van der Waals surface area contributed by atoms with E-state index >= 15 is 0 Å². The Morgan fingerprint density at radius 2 is 1.94 bits per heavy atom. The number of likely N-dealkylation sites (N-methyl/N-ethyl adjacent to an activating group) is 1. The number of amides is 1. The summed E-state index contributed by atoms with van der Waals surface area (Å²) in [4.78, 5) is 23.8. The Kier molecular flexibility index (Phi) is 4.66. The molecule has 1 rings (SSSR count). The average Bonchev–Trinajstić information content (AvgIpc) is 2.35. The maximum Gasteiger partial charge on any atom is 0.323 e. The van der Waals surface area contributed by atoms with Crippen molar-refractivity contribution in [2.75, 3.05) is 13.1 Å². The van der Waals surface area contributed by atoms with E-state index in [4.69, 9.17) is 10.8 Å². The molecule has 0 aliphatic heterocycles. The molecule has 92 valence electrons. The molecule has 0 radical (unpaired) electrons. The van der Waals surface area contributed by atoms with Crippen LogP contribution in [0.2, 0.25) is 0 Å². The lowest BCUT2D eigenvalue weighted by atomic mass is 10.1. The summed E-state index contributed by atoms with van der Waals surface area (Å²) < 4.78 is 0. The summed E-state index contributed by atoms with van der Waals surface area (Å²) in [6.45, 7) is 1.72. The summed E-state index contributed by atoms with van der Waals surface area (Å²) in [5.41, 5.74) is 6.49. The van der Waals surface area contributed by atoms with Crippen LogP contribution in [-0.4, -0.2) is 35.0 Å². The van der Waals surface area contributed by atoms with E-state index in [0.29, 0.717) is 12.1 Å². The number of nitrogens with zero attached hydrogens (tertiary/aromatic N) is 1. The van der Waals surface area contributed by atoms with Gasteiger partial charge >= 0.3 is 5.97 Å². The van der Waals surface area contributed by atoms with Crippen LogP contribution < -0.4 is 5.73 Å². The molecule has 3 N–H and O–H groups in total. The van der Waals surface area contributed by atoms with Gasteiger partial charge in [0.2, 0.25) is 5.91 Å². The number of hydrogen-bond acceptors (Lipinski definition) is 3. The first-order valence-corrected chi connectivity index (χ1v) is 5.37. The SMILES string of the molecule is CCN(CC(=O)O)C(=O)[C@H](N)c1ccccc1. The van der Waals surface area contributed by atoms with Gasteiger partial charge in [0.25, 0.3) is 0 Å². The highest BCUT2D eigenvalue weighted by molar-refractivity contribution is 5.86. The van der Waals surface area contributed by atoms with Gasteiger partial charge in [-0.3, -0.25) is 9.59 Å². The zero-order valence-electron chi connectivity index (χ0n) is 9.67. The minimum atomic E-state index is -1.04. The van der Waals surface area contributed by atoms with Gasteiger partial charge in [-0.1, -0.05) is 30.3 Å². The number of rotatable bonds is 5. The fraction of sp³-hybridized carbons (Fsp3) is 0.333. The number of carboxylic acids is 1. The van der Waals surface area contributed by atoms with Crippen LogP contribution in [0.25, 0.3) is 0 Å². The fourth-order valence-corrected chi connectivity index (χ4v) is 1.51. The summed E-state index contributed by atoms with van der Waals surface area (Å²) in [6, 6.07) is 8.09. The molecule has 0 bridgehead atoms. The zero-order valence-corrected chi connectivity index (χ0v) is 9.67. The Hall–Kier alpha value is -1.88. The smallest absolute Gasteiger partial charge is 0.323 e. The van der Waals surface area contributed by atoms with Crippen LogP contribution in [0.5, 0.6) is 0 Å². The maximum absolute atomic E-state index is 11.9. The summed E-state index contributed by atoms with van der Waals surface area (Å²) >= 11 is 0. The number of aliphatic carboxylic acids is 1. The number of benzene rings is 1. The molecule has 1 amide bonds. The van der Waals surface area contributed by atoms with Crippen LogP contribution in [0, 0.1) is 0 Å². The van der Waals surface area contributed by atoms with Gasteiger partial charge < -0.3 is 15.7 Å². The summed E-state index contributed by atoms with van der Waals surface area (Å²) in [5.74, 6) is -1.42. The molecule has 0 aliphatic rings. The van der Waals surface area contributed by atoms with Crippen LogP contribution in [0.15, 0.2) is 30.3 Å². The van der Waals surface area contributed by atoms with Crippen molar-refractivity contribution in [3.05, 3.63) is 35.9 Å². The zero-order chi connectivity index (χ0) is 12.8. The molecule has 1 aromatic carbocycles. The molecule has 1 aromatic rings. The number of carbonyl (C=O) groups excluding carboxylic acids is 1. The highest BCUT2D eigenvalue weighted by Gasteiger charge is 2.22. The van der Waals surface area contributed by atoms with Crippen molar-refractivity contribution in [2.24, 2.45) is 5.73 Å². The lowest BCUT2D eigenvalue weighted by Gasteiger charge is -2.22. The third kappa shape index (κ3) is 3.57. The first-order chi connectivity index (χ1) is 8.06. The fourth-order valence-electron chi connectivity index (χ4n) is 1.51. The molecule has 0 saturated carbocycles. The predicted octanol–water partition coefficient (Wildman–Crippen LogP) is 0.620. The number of carboxylic acid groups (broad SMARTS) is 1. The van der Waals surface area contributed by atoms with Gasteiger partial charge in [-0.2, -0.15) is 0 Å². The third-order valence-electron chi connectivity index (χ3n) is 2.44.